The fourth-order valence-electron chi connectivity index (χ4n) is 1.93. The summed E-state index contributed by atoms with van der Waals surface area (Å²) in [6.45, 7) is 3.17. The van der Waals surface area contributed by atoms with Crippen LogP contribution in [-0.4, -0.2) is 43.9 Å². The van der Waals surface area contributed by atoms with Crippen molar-refractivity contribution < 1.29 is 31.1 Å². The van der Waals surface area contributed by atoms with Crippen molar-refractivity contribution in [2.45, 2.75) is 0 Å². The van der Waals surface area contributed by atoms with E-state index < -0.39 is 6.89 Å². The van der Waals surface area contributed by atoms with Crippen LogP contribution in [0.1, 0.15) is 0 Å². The summed E-state index contributed by atoms with van der Waals surface area (Å²) in [7, 11) is 3.89. The van der Waals surface area contributed by atoms with Crippen LogP contribution < -0.4 is 5.57 Å². The SMILES string of the molecule is C=P(C)(C)c1nccn1C.Cn1ncc2cccnc21.[U]. The number of pyridine rings is 1. The molecular weight excluding hydrogens is 507 g/mol. The van der Waals surface area contributed by atoms with Gasteiger partial charge in [-0.3, -0.25) is 4.68 Å². The second kappa shape index (κ2) is 7.45. The molecule has 21 heavy (non-hydrogen) atoms. The molecule has 0 amide bonds. The molecule has 0 saturated heterocycles. The van der Waals surface area contributed by atoms with Gasteiger partial charge < -0.3 is 4.57 Å². The molecule has 0 aromatic carbocycles. The van der Waals surface area contributed by atoms with E-state index in [2.05, 4.69) is 34.7 Å². The van der Waals surface area contributed by atoms with Gasteiger partial charge in [0.1, 0.15) is 5.57 Å². The molecule has 110 valence electrons. The Balaban J connectivity index is 0.000000200. The number of fused-ring (bicyclic) bond motifs is 1. The molecule has 0 radical (unpaired) electrons. The van der Waals surface area contributed by atoms with Gasteiger partial charge >= 0.3 is 0 Å². The van der Waals surface area contributed by atoms with Gasteiger partial charge in [-0.15, -0.1) is 0 Å². The molecule has 7 heteroatoms. The second-order valence-corrected chi connectivity index (χ2v) is 8.98. The Morgan fingerprint density at radius 2 is 1.86 bits per heavy atom. The Morgan fingerprint density at radius 3 is 2.33 bits per heavy atom. The maximum atomic E-state index is 4.24. The molecule has 3 aromatic heterocycles. The van der Waals surface area contributed by atoms with Gasteiger partial charge in [0, 0.05) is 69.2 Å². The largest absolute Gasteiger partial charge is 0.334 e. The van der Waals surface area contributed by atoms with E-state index in [1.165, 1.54) is 0 Å². The fourth-order valence-corrected chi connectivity index (χ4v) is 3.23. The molecule has 0 aliphatic rings. The first-order valence-electron chi connectivity index (χ1n) is 6.28. The van der Waals surface area contributed by atoms with Crippen LogP contribution in [0.15, 0.2) is 36.9 Å². The van der Waals surface area contributed by atoms with Crippen molar-refractivity contribution in [2.24, 2.45) is 14.1 Å². The van der Waals surface area contributed by atoms with Crippen molar-refractivity contribution in [3.8, 4) is 0 Å². The number of nitrogens with zero attached hydrogens (tertiary/aromatic N) is 5. The zero-order valence-corrected chi connectivity index (χ0v) is 17.9. The summed E-state index contributed by atoms with van der Waals surface area (Å²) in [5.74, 6) is 0. The van der Waals surface area contributed by atoms with Gasteiger partial charge in [0.05, 0.1) is 6.20 Å². The molecule has 0 aliphatic heterocycles. The van der Waals surface area contributed by atoms with Gasteiger partial charge in [-0.2, -0.15) is 5.10 Å². The van der Waals surface area contributed by atoms with E-state index in [-0.39, 0.29) is 31.1 Å². The predicted molar refractivity (Wildman–Crippen MR) is 87.2 cm³/mol. The molecule has 0 atom stereocenters. The molecule has 0 aliphatic carbocycles. The summed E-state index contributed by atoms with van der Waals surface area (Å²) in [5, 5.41) is 5.14. The molecule has 0 unspecified atom stereocenters. The van der Waals surface area contributed by atoms with Gasteiger partial charge in [0.2, 0.25) is 0 Å². The van der Waals surface area contributed by atoms with Crippen LogP contribution in [-0.2, 0) is 14.1 Å². The number of aryl methyl sites for hydroxylation is 2. The zero-order chi connectivity index (χ0) is 14.8. The average molecular weight is 527 g/mol. The van der Waals surface area contributed by atoms with Gasteiger partial charge in [0.15, 0.2) is 5.65 Å². The van der Waals surface area contributed by atoms with Gasteiger partial charge in [-0.05, 0) is 25.5 Å². The summed E-state index contributed by atoms with van der Waals surface area (Å²) >= 11 is 0. The molecule has 0 spiro atoms. The Hall–Kier alpha value is -0.818. The van der Waals surface area contributed by atoms with Crippen LogP contribution in [0.25, 0.3) is 11.0 Å². The first-order chi connectivity index (χ1) is 9.39. The van der Waals surface area contributed by atoms with Crippen molar-refractivity contribution in [3.05, 3.63) is 36.9 Å². The molecule has 0 saturated carbocycles. The molecule has 0 N–H and O–H groups in total. The standard InChI is InChI=1S/C7H7N3.C7H13N2P.U/c1-10-7-6(5-9-10)3-2-4-8-7;1-9-6-5-8-7(9)10(2,3)4;/h2-5H,1H3;5-6H,2H2,1,3-4H3;. The Kier molecular flexibility index (Phi) is 6.46. The minimum absolute atomic E-state index is 0. The van der Waals surface area contributed by atoms with Crippen molar-refractivity contribution in [1.82, 2.24) is 24.3 Å². The Bertz CT molecular complexity index is 755. The fraction of sp³-hybridized carbons (Fsp3) is 0.286. The van der Waals surface area contributed by atoms with Crippen molar-refractivity contribution in [2.75, 3.05) is 13.3 Å². The van der Waals surface area contributed by atoms with E-state index in [4.69, 9.17) is 0 Å². The minimum Gasteiger partial charge on any atom is -0.334 e. The van der Waals surface area contributed by atoms with Crippen LogP contribution in [0, 0.1) is 31.1 Å². The molecule has 0 bridgehead atoms. The van der Waals surface area contributed by atoms with E-state index in [9.17, 15) is 0 Å². The van der Waals surface area contributed by atoms with E-state index in [1.807, 2.05) is 49.4 Å². The molecule has 3 aromatic rings. The maximum absolute atomic E-state index is 4.24. The van der Waals surface area contributed by atoms with Crippen LogP contribution >= 0.6 is 6.89 Å². The van der Waals surface area contributed by atoms with Gasteiger partial charge in [-0.1, -0.05) is 13.2 Å². The van der Waals surface area contributed by atoms with E-state index in [0.29, 0.717) is 0 Å². The Morgan fingerprint density at radius 1 is 1.14 bits per heavy atom. The van der Waals surface area contributed by atoms with Gasteiger partial charge in [0.25, 0.3) is 0 Å². The summed E-state index contributed by atoms with van der Waals surface area (Å²) < 4.78 is 3.80. The van der Waals surface area contributed by atoms with Crippen LogP contribution in [0.5, 0.6) is 0 Å². The molecular formula is C14H20N5PU. The van der Waals surface area contributed by atoms with Crippen LogP contribution in [0.3, 0.4) is 0 Å². The van der Waals surface area contributed by atoms with Crippen molar-refractivity contribution in [3.63, 3.8) is 0 Å². The third kappa shape index (κ3) is 4.58. The summed E-state index contributed by atoms with van der Waals surface area (Å²) in [5.41, 5.74) is 2.06. The van der Waals surface area contributed by atoms with Gasteiger partial charge in [-0.25, -0.2) is 9.97 Å². The normalized spacial score (nSPS) is 10.7. The van der Waals surface area contributed by atoms with E-state index >= 15 is 0 Å². The number of hydrogen-bond donors (Lipinski definition) is 0. The monoisotopic (exact) mass is 527 g/mol. The topological polar surface area (TPSA) is 48.5 Å². The second-order valence-electron chi connectivity index (χ2n) is 5.21. The number of hydrogen-bond acceptors (Lipinski definition) is 3. The summed E-state index contributed by atoms with van der Waals surface area (Å²) in [6.07, 6.45) is 11.5. The third-order valence-corrected chi connectivity index (χ3v) is 4.34. The van der Waals surface area contributed by atoms with Crippen molar-refractivity contribution >= 4 is 29.8 Å². The first-order valence-corrected chi connectivity index (χ1v) is 9.15. The smallest absolute Gasteiger partial charge is 0.157 e. The zero-order valence-electron chi connectivity index (χ0n) is 12.9. The van der Waals surface area contributed by atoms with E-state index in [1.54, 1.807) is 10.9 Å². The maximum Gasteiger partial charge on any atom is 0.157 e. The predicted octanol–water partition coefficient (Wildman–Crippen LogP) is 1.72. The minimum atomic E-state index is -1.16. The first kappa shape index (κ1) is 18.2. The van der Waals surface area contributed by atoms with Crippen LogP contribution in [0.2, 0.25) is 0 Å². The number of aromatic nitrogens is 5. The number of imidazole rings is 1. The summed E-state index contributed by atoms with van der Waals surface area (Å²) in [4.78, 5) is 8.38. The quantitative estimate of drug-likeness (QED) is 0.454. The molecule has 3 heterocycles. The molecule has 5 nitrogen and oxygen atoms in total. The summed E-state index contributed by atoms with van der Waals surface area (Å²) in [6, 6.07) is 3.90. The van der Waals surface area contributed by atoms with Crippen molar-refractivity contribution in [1.29, 1.82) is 0 Å². The van der Waals surface area contributed by atoms with Crippen LogP contribution in [0.4, 0.5) is 0 Å². The molecule has 0 fully saturated rings. The number of rotatable bonds is 1. The Labute approximate surface area is 149 Å². The molecule has 3 rings (SSSR count). The third-order valence-electron chi connectivity index (χ3n) is 2.83. The van der Waals surface area contributed by atoms with E-state index in [0.717, 1.165) is 16.6 Å². The average Bonchev–Trinajstić information content (AvgIpc) is 2.97.